The highest BCUT2D eigenvalue weighted by atomic mass is 79.9. The average Bonchev–Trinajstić information content (AvgIpc) is 2.15. The molecule has 0 radical (unpaired) electrons. The van der Waals surface area contributed by atoms with E-state index in [-0.39, 0.29) is 9.94 Å². The van der Waals surface area contributed by atoms with Gasteiger partial charge >= 0.3 is 0 Å². The number of hydrogen-bond donors (Lipinski definition) is 0. The van der Waals surface area contributed by atoms with Gasteiger partial charge in [-0.05, 0) is 27.3 Å². The van der Waals surface area contributed by atoms with Gasteiger partial charge in [-0.3, -0.25) is 4.79 Å². The maximum atomic E-state index is 11.9. The zero-order chi connectivity index (χ0) is 10.8. The van der Waals surface area contributed by atoms with Crippen molar-refractivity contribution in [1.29, 1.82) is 0 Å². The van der Waals surface area contributed by atoms with E-state index in [9.17, 15) is 4.79 Å². The van der Waals surface area contributed by atoms with Gasteiger partial charge in [-0.1, -0.05) is 46.3 Å². The minimum Gasteiger partial charge on any atom is -0.292 e. The summed E-state index contributed by atoms with van der Waals surface area (Å²) >= 11 is 7.00. The van der Waals surface area contributed by atoms with E-state index in [4.69, 9.17) is 0 Å². The van der Waals surface area contributed by atoms with Gasteiger partial charge in [0.25, 0.3) is 0 Å². The minimum absolute atomic E-state index is 0.127. The Balaban J connectivity index is 2.87. The van der Waals surface area contributed by atoms with Crippen molar-refractivity contribution in [3.05, 3.63) is 35.9 Å². The lowest BCUT2D eigenvalue weighted by Gasteiger charge is -2.27. The molecule has 0 saturated heterocycles. The first-order chi connectivity index (χ1) is 6.43. The van der Waals surface area contributed by atoms with E-state index in [1.54, 1.807) is 0 Å². The third-order valence-electron chi connectivity index (χ3n) is 1.76. The van der Waals surface area contributed by atoms with E-state index in [2.05, 4.69) is 30.7 Å². The molecule has 0 bridgehead atoms. The Morgan fingerprint density at radius 3 is 2.21 bits per heavy atom. The highest BCUT2D eigenvalue weighted by molar-refractivity contribution is 9.59. The molecule has 0 aromatic heterocycles. The van der Waals surface area contributed by atoms with Crippen molar-refractivity contribution in [3.63, 3.8) is 0 Å². The van der Waals surface area contributed by atoms with Crippen LogP contribution in [0.2, 0.25) is 0 Å². The molecule has 1 aromatic carbocycles. The highest BCUT2D eigenvalue weighted by Crippen LogP contribution is 2.56. The molecule has 1 rings (SSSR count). The number of alkyl halides is 1. The van der Waals surface area contributed by atoms with Crippen LogP contribution in [0, 0.1) is 0 Å². The molecule has 0 spiro atoms. The van der Waals surface area contributed by atoms with Gasteiger partial charge in [0.05, 0.1) is 0 Å². The standard InChI is InChI=1S/C10H12Br2OS/c1-14(2,12)10(11)9(13)8-6-4-3-5-7-8/h3-7,10H,1-2H3. The molecule has 0 amide bonds. The number of ketones is 1. The summed E-state index contributed by atoms with van der Waals surface area (Å²) in [6, 6.07) is 9.35. The SMILES string of the molecule is CS(C)(Br)C(Br)C(=O)c1ccccc1. The zero-order valence-electron chi connectivity index (χ0n) is 8.04. The van der Waals surface area contributed by atoms with Crippen LogP contribution in [0.3, 0.4) is 0 Å². The molecular weight excluding hydrogens is 328 g/mol. The van der Waals surface area contributed by atoms with Gasteiger partial charge in [-0.25, -0.2) is 0 Å². The monoisotopic (exact) mass is 338 g/mol. The fourth-order valence-corrected chi connectivity index (χ4v) is 2.41. The second-order valence-electron chi connectivity index (χ2n) is 3.32. The van der Waals surface area contributed by atoms with E-state index < -0.39 is 8.46 Å². The second kappa shape index (κ2) is 4.81. The molecule has 1 atom stereocenters. The van der Waals surface area contributed by atoms with Crippen LogP contribution >= 0.6 is 39.2 Å². The first kappa shape index (κ1) is 12.3. The van der Waals surface area contributed by atoms with Crippen molar-refractivity contribution in [2.75, 3.05) is 12.5 Å². The topological polar surface area (TPSA) is 17.1 Å². The van der Waals surface area contributed by atoms with Crippen molar-refractivity contribution in [2.45, 2.75) is 4.16 Å². The predicted octanol–water partition coefficient (Wildman–Crippen LogP) is 3.96. The summed E-state index contributed by atoms with van der Waals surface area (Å²) in [4.78, 5) is 11.9. The van der Waals surface area contributed by atoms with Crippen LogP contribution in [0.5, 0.6) is 0 Å². The van der Waals surface area contributed by atoms with Crippen molar-refractivity contribution in [1.82, 2.24) is 0 Å². The Labute approximate surface area is 102 Å². The summed E-state index contributed by atoms with van der Waals surface area (Å²) < 4.78 is -0.127. The summed E-state index contributed by atoms with van der Waals surface area (Å²) in [5.41, 5.74) is 0.759. The first-order valence-corrected chi connectivity index (χ1v) is 9.35. The summed E-state index contributed by atoms with van der Waals surface area (Å²) in [6.45, 7) is 0. The molecule has 0 aliphatic heterocycles. The van der Waals surface area contributed by atoms with Crippen LogP contribution in [-0.2, 0) is 0 Å². The number of Topliss-reactive ketones (excluding diaryl/α,β-unsaturated/α-hetero) is 1. The molecule has 0 saturated carbocycles. The van der Waals surface area contributed by atoms with Crippen molar-refractivity contribution >= 4 is 45.0 Å². The molecule has 78 valence electrons. The smallest absolute Gasteiger partial charge is 0.185 e. The van der Waals surface area contributed by atoms with Gasteiger partial charge in [-0.2, -0.15) is 8.46 Å². The number of halogens is 2. The molecule has 1 nitrogen and oxygen atoms in total. The maximum Gasteiger partial charge on any atom is 0.185 e. The van der Waals surface area contributed by atoms with Gasteiger partial charge < -0.3 is 0 Å². The quantitative estimate of drug-likeness (QED) is 0.601. The Hall–Kier alpha value is 0.200. The van der Waals surface area contributed by atoms with Gasteiger partial charge in [0.1, 0.15) is 4.16 Å². The van der Waals surface area contributed by atoms with Gasteiger partial charge in [0.15, 0.2) is 5.78 Å². The molecule has 14 heavy (non-hydrogen) atoms. The first-order valence-electron chi connectivity index (χ1n) is 4.08. The van der Waals surface area contributed by atoms with E-state index >= 15 is 0 Å². The number of carbonyl (C=O) groups excluding carboxylic acids is 1. The summed E-state index contributed by atoms with van der Waals surface area (Å²) in [7, 11) is -1.07. The lowest BCUT2D eigenvalue weighted by atomic mass is 10.2. The minimum atomic E-state index is -1.07. The third-order valence-corrected chi connectivity index (χ3v) is 8.80. The Bertz CT molecular complexity index is 319. The molecule has 1 unspecified atom stereocenters. The van der Waals surface area contributed by atoms with Crippen LogP contribution in [0.25, 0.3) is 0 Å². The van der Waals surface area contributed by atoms with E-state index in [0.717, 1.165) is 5.56 Å². The zero-order valence-corrected chi connectivity index (χ0v) is 12.0. The Morgan fingerprint density at radius 1 is 1.29 bits per heavy atom. The van der Waals surface area contributed by atoms with Crippen LogP contribution in [0.15, 0.2) is 30.3 Å². The fourth-order valence-electron chi connectivity index (χ4n) is 0.988. The second-order valence-corrected chi connectivity index (χ2v) is 12.9. The summed E-state index contributed by atoms with van der Waals surface area (Å²) in [6.07, 6.45) is 4.10. The van der Waals surface area contributed by atoms with Crippen molar-refractivity contribution in [2.24, 2.45) is 0 Å². The summed E-state index contributed by atoms with van der Waals surface area (Å²) in [5.74, 6) is 0.141. The maximum absolute atomic E-state index is 11.9. The van der Waals surface area contributed by atoms with Crippen LogP contribution in [-0.4, -0.2) is 22.5 Å². The predicted molar refractivity (Wildman–Crippen MR) is 71.9 cm³/mol. The molecule has 1 aromatic rings. The molecule has 4 heteroatoms. The van der Waals surface area contributed by atoms with E-state index in [1.165, 1.54) is 0 Å². The summed E-state index contributed by atoms with van der Waals surface area (Å²) in [5, 5.41) is 0. The van der Waals surface area contributed by atoms with Crippen molar-refractivity contribution in [3.8, 4) is 0 Å². The van der Waals surface area contributed by atoms with Crippen LogP contribution < -0.4 is 0 Å². The number of carbonyl (C=O) groups is 1. The average molecular weight is 340 g/mol. The van der Waals surface area contributed by atoms with Gasteiger partial charge in [-0.15, -0.1) is 0 Å². The molecule has 0 aliphatic carbocycles. The Kier molecular flexibility index (Phi) is 4.22. The number of rotatable bonds is 3. The highest BCUT2D eigenvalue weighted by Gasteiger charge is 2.26. The third kappa shape index (κ3) is 3.11. The lowest BCUT2D eigenvalue weighted by Crippen LogP contribution is -2.17. The van der Waals surface area contributed by atoms with Crippen molar-refractivity contribution < 1.29 is 4.79 Å². The largest absolute Gasteiger partial charge is 0.292 e. The lowest BCUT2D eigenvalue weighted by molar-refractivity contribution is 0.101. The number of hydrogen-bond acceptors (Lipinski definition) is 1. The molecule has 0 fully saturated rings. The molecule has 0 aliphatic rings. The van der Waals surface area contributed by atoms with E-state index in [0.29, 0.717) is 0 Å². The molecule has 0 heterocycles. The van der Waals surface area contributed by atoms with Gasteiger partial charge in [0, 0.05) is 5.56 Å². The number of benzene rings is 1. The molecular formula is C10H12Br2OS. The fraction of sp³-hybridized carbons (Fsp3) is 0.300. The van der Waals surface area contributed by atoms with Gasteiger partial charge in [0.2, 0.25) is 0 Å². The Morgan fingerprint density at radius 2 is 1.79 bits per heavy atom. The normalized spacial score (nSPS) is 14.9. The molecule has 0 N–H and O–H groups in total. The van der Waals surface area contributed by atoms with E-state index in [1.807, 2.05) is 42.8 Å². The van der Waals surface area contributed by atoms with Crippen LogP contribution in [0.4, 0.5) is 0 Å². The van der Waals surface area contributed by atoms with Crippen LogP contribution in [0.1, 0.15) is 10.4 Å².